The standard InChI is InChI=1S/C18H17ClN2O4/c1-10-8-12(20)3-4-13(10)18(25)21-15-5-2-11(19)9-14(15)16(22)6-7-17(23)24/h2-5,8-9H,6-7,20H2,1H3,(H,21,25)(H,23,24). The van der Waals surface area contributed by atoms with Gasteiger partial charge in [0.2, 0.25) is 0 Å². The summed E-state index contributed by atoms with van der Waals surface area (Å²) in [5.41, 5.74) is 7.80. The van der Waals surface area contributed by atoms with Gasteiger partial charge in [-0.05, 0) is 48.9 Å². The third kappa shape index (κ3) is 4.81. The second kappa shape index (κ2) is 7.81. The highest BCUT2D eigenvalue weighted by molar-refractivity contribution is 6.31. The van der Waals surface area contributed by atoms with Gasteiger partial charge in [0.1, 0.15) is 0 Å². The lowest BCUT2D eigenvalue weighted by Crippen LogP contribution is -2.16. The quantitative estimate of drug-likeness (QED) is 0.539. The number of anilines is 2. The molecule has 0 bridgehead atoms. The molecule has 0 spiro atoms. The summed E-state index contributed by atoms with van der Waals surface area (Å²) >= 11 is 5.92. The maximum Gasteiger partial charge on any atom is 0.303 e. The van der Waals surface area contributed by atoms with Crippen molar-refractivity contribution in [1.82, 2.24) is 0 Å². The predicted octanol–water partition coefficient (Wildman–Crippen LogP) is 3.53. The van der Waals surface area contributed by atoms with E-state index in [9.17, 15) is 14.4 Å². The highest BCUT2D eigenvalue weighted by Crippen LogP contribution is 2.24. The number of nitrogen functional groups attached to an aromatic ring is 1. The van der Waals surface area contributed by atoms with Gasteiger partial charge in [-0.1, -0.05) is 11.6 Å². The fourth-order valence-electron chi connectivity index (χ4n) is 2.34. The molecule has 2 aromatic carbocycles. The third-order valence-electron chi connectivity index (χ3n) is 3.59. The maximum absolute atomic E-state index is 12.5. The number of carboxylic acids is 1. The molecule has 4 N–H and O–H groups in total. The van der Waals surface area contributed by atoms with Crippen LogP contribution >= 0.6 is 11.6 Å². The minimum absolute atomic E-state index is 0.176. The van der Waals surface area contributed by atoms with Crippen LogP contribution in [0.5, 0.6) is 0 Å². The number of amides is 1. The van der Waals surface area contributed by atoms with E-state index in [2.05, 4.69) is 5.32 Å². The molecule has 0 aliphatic carbocycles. The number of hydrogen-bond donors (Lipinski definition) is 3. The average Bonchev–Trinajstić information content (AvgIpc) is 2.54. The zero-order valence-corrected chi connectivity index (χ0v) is 14.3. The normalized spacial score (nSPS) is 10.3. The number of carbonyl (C=O) groups is 3. The van der Waals surface area contributed by atoms with E-state index in [1.807, 2.05) is 0 Å². The number of hydrogen-bond acceptors (Lipinski definition) is 4. The smallest absolute Gasteiger partial charge is 0.303 e. The molecule has 6 nitrogen and oxygen atoms in total. The number of carbonyl (C=O) groups excluding carboxylic acids is 2. The zero-order chi connectivity index (χ0) is 18.6. The molecule has 0 saturated heterocycles. The zero-order valence-electron chi connectivity index (χ0n) is 13.5. The first-order chi connectivity index (χ1) is 11.8. The van der Waals surface area contributed by atoms with Crippen LogP contribution in [0.3, 0.4) is 0 Å². The SMILES string of the molecule is Cc1cc(N)ccc1C(=O)Nc1ccc(Cl)cc1C(=O)CCC(=O)O. The third-order valence-corrected chi connectivity index (χ3v) is 3.83. The van der Waals surface area contributed by atoms with Gasteiger partial charge in [0, 0.05) is 28.3 Å². The van der Waals surface area contributed by atoms with Crippen molar-refractivity contribution in [1.29, 1.82) is 0 Å². The topological polar surface area (TPSA) is 109 Å². The number of Topliss-reactive ketones (excluding diaryl/α,β-unsaturated/α-hetero) is 1. The number of carboxylic acid groups (broad SMARTS) is 1. The van der Waals surface area contributed by atoms with Gasteiger partial charge in [0.25, 0.3) is 5.91 Å². The Morgan fingerprint density at radius 3 is 2.44 bits per heavy atom. The average molecular weight is 361 g/mol. The van der Waals surface area contributed by atoms with Gasteiger partial charge in [-0.3, -0.25) is 14.4 Å². The van der Waals surface area contributed by atoms with Crippen LogP contribution in [0.1, 0.15) is 39.1 Å². The Morgan fingerprint density at radius 1 is 1.08 bits per heavy atom. The number of halogens is 1. The van der Waals surface area contributed by atoms with Crippen molar-refractivity contribution in [2.24, 2.45) is 0 Å². The van der Waals surface area contributed by atoms with Crippen molar-refractivity contribution in [3.05, 3.63) is 58.1 Å². The van der Waals surface area contributed by atoms with Crippen LogP contribution in [-0.4, -0.2) is 22.8 Å². The number of rotatable bonds is 6. The van der Waals surface area contributed by atoms with E-state index >= 15 is 0 Å². The van der Waals surface area contributed by atoms with Crippen LogP contribution in [0.4, 0.5) is 11.4 Å². The van der Waals surface area contributed by atoms with Crippen LogP contribution in [0, 0.1) is 6.92 Å². The van der Waals surface area contributed by atoms with Crippen molar-refractivity contribution in [3.8, 4) is 0 Å². The highest BCUT2D eigenvalue weighted by Gasteiger charge is 2.17. The number of benzene rings is 2. The van der Waals surface area contributed by atoms with Gasteiger partial charge in [0.05, 0.1) is 12.1 Å². The fraction of sp³-hybridized carbons (Fsp3) is 0.167. The number of aliphatic carboxylic acids is 1. The van der Waals surface area contributed by atoms with E-state index in [0.717, 1.165) is 0 Å². The lowest BCUT2D eigenvalue weighted by molar-refractivity contribution is -0.136. The van der Waals surface area contributed by atoms with E-state index in [0.29, 0.717) is 21.8 Å². The second-order valence-corrected chi connectivity index (χ2v) is 5.97. The molecule has 0 aliphatic heterocycles. The van der Waals surface area contributed by atoms with Crippen molar-refractivity contribution < 1.29 is 19.5 Å². The van der Waals surface area contributed by atoms with Crippen molar-refractivity contribution in [3.63, 3.8) is 0 Å². The number of ketones is 1. The molecule has 0 heterocycles. The van der Waals surface area contributed by atoms with E-state index in [1.54, 1.807) is 31.2 Å². The van der Waals surface area contributed by atoms with E-state index in [4.69, 9.17) is 22.4 Å². The van der Waals surface area contributed by atoms with E-state index in [-0.39, 0.29) is 24.1 Å². The lowest BCUT2D eigenvalue weighted by Gasteiger charge is -2.12. The predicted molar refractivity (Wildman–Crippen MR) is 96.2 cm³/mol. The summed E-state index contributed by atoms with van der Waals surface area (Å²) in [5, 5.41) is 11.7. The minimum atomic E-state index is -1.07. The van der Waals surface area contributed by atoms with Gasteiger partial charge in [-0.2, -0.15) is 0 Å². The first kappa shape index (κ1) is 18.5. The number of nitrogens with two attached hydrogens (primary N) is 1. The molecule has 1 amide bonds. The molecule has 0 unspecified atom stereocenters. The molecule has 25 heavy (non-hydrogen) atoms. The molecular formula is C18H17ClN2O4. The molecule has 0 fully saturated rings. The lowest BCUT2D eigenvalue weighted by atomic mass is 10.0. The molecule has 0 aliphatic rings. The van der Waals surface area contributed by atoms with Crippen molar-refractivity contribution in [2.75, 3.05) is 11.1 Å². The molecule has 0 aromatic heterocycles. The van der Waals surface area contributed by atoms with Crippen LogP contribution in [0.2, 0.25) is 5.02 Å². The summed E-state index contributed by atoms with van der Waals surface area (Å²) in [5.74, 6) is -1.88. The van der Waals surface area contributed by atoms with E-state index < -0.39 is 17.7 Å². The van der Waals surface area contributed by atoms with Gasteiger partial charge in [-0.15, -0.1) is 0 Å². The minimum Gasteiger partial charge on any atom is -0.481 e. The summed E-state index contributed by atoms with van der Waals surface area (Å²) in [6.07, 6.45) is -0.477. The fourth-order valence-corrected chi connectivity index (χ4v) is 2.51. The molecule has 7 heteroatoms. The van der Waals surface area contributed by atoms with Gasteiger partial charge < -0.3 is 16.2 Å². The maximum atomic E-state index is 12.5. The number of nitrogens with one attached hydrogen (secondary N) is 1. The molecule has 0 atom stereocenters. The monoisotopic (exact) mass is 360 g/mol. The molecule has 2 rings (SSSR count). The highest BCUT2D eigenvalue weighted by atomic mass is 35.5. The first-order valence-corrected chi connectivity index (χ1v) is 7.87. The largest absolute Gasteiger partial charge is 0.481 e. The summed E-state index contributed by atoms with van der Waals surface area (Å²) in [6.45, 7) is 1.76. The van der Waals surface area contributed by atoms with Crippen molar-refractivity contribution in [2.45, 2.75) is 19.8 Å². The molecular weight excluding hydrogens is 344 g/mol. The Hall–Kier alpha value is -2.86. The van der Waals surface area contributed by atoms with Crippen LogP contribution in [0.25, 0.3) is 0 Å². The van der Waals surface area contributed by atoms with Gasteiger partial charge in [-0.25, -0.2) is 0 Å². The number of aryl methyl sites for hydroxylation is 1. The second-order valence-electron chi connectivity index (χ2n) is 5.54. The van der Waals surface area contributed by atoms with Gasteiger partial charge >= 0.3 is 5.97 Å². The molecule has 0 radical (unpaired) electrons. The van der Waals surface area contributed by atoms with Gasteiger partial charge in [0.15, 0.2) is 5.78 Å². The van der Waals surface area contributed by atoms with Crippen molar-refractivity contribution >= 4 is 40.6 Å². The summed E-state index contributed by atoms with van der Waals surface area (Å²) in [7, 11) is 0. The Kier molecular flexibility index (Phi) is 5.77. The first-order valence-electron chi connectivity index (χ1n) is 7.50. The Balaban J connectivity index is 2.28. The molecule has 130 valence electrons. The molecule has 2 aromatic rings. The van der Waals surface area contributed by atoms with Crippen LogP contribution < -0.4 is 11.1 Å². The summed E-state index contributed by atoms with van der Waals surface area (Å²) in [6, 6.07) is 9.36. The van der Waals surface area contributed by atoms with Crippen LogP contribution in [-0.2, 0) is 4.79 Å². The van der Waals surface area contributed by atoms with E-state index in [1.165, 1.54) is 12.1 Å². The molecule has 0 saturated carbocycles. The Morgan fingerprint density at radius 2 is 1.80 bits per heavy atom. The Labute approximate surface area is 149 Å². The summed E-state index contributed by atoms with van der Waals surface area (Å²) in [4.78, 5) is 35.4. The van der Waals surface area contributed by atoms with Crippen LogP contribution in [0.15, 0.2) is 36.4 Å². The summed E-state index contributed by atoms with van der Waals surface area (Å²) < 4.78 is 0. The Bertz CT molecular complexity index is 849.